The van der Waals surface area contributed by atoms with Gasteiger partial charge in [0, 0.05) is 14.5 Å². The summed E-state index contributed by atoms with van der Waals surface area (Å²) < 4.78 is 2.65. The zero-order valence-electron chi connectivity index (χ0n) is 9.57. The van der Waals surface area contributed by atoms with Crippen LogP contribution in [-0.2, 0) is 0 Å². The molecule has 2 rings (SSSR count). The number of aromatic hydroxyl groups is 1. The molecule has 0 saturated heterocycles. The summed E-state index contributed by atoms with van der Waals surface area (Å²) >= 11 is 8.85. The maximum Gasteiger partial charge on any atom is 0.137 e. The Kier molecular flexibility index (Phi) is 5.23. The Morgan fingerprint density at radius 3 is 2.68 bits per heavy atom. The summed E-state index contributed by atoms with van der Waals surface area (Å²) in [5.74, 6) is 0.226. The molecule has 0 aliphatic carbocycles. The largest absolute Gasteiger partial charge is 0.506 e. The Bertz CT molecular complexity index is 632. The van der Waals surface area contributed by atoms with Crippen molar-refractivity contribution >= 4 is 66.4 Å². The number of hydrogen-bond acceptors (Lipinski definition) is 3. The number of hydrogen-bond donors (Lipinski definition) is 2. The second-order valence-corrected chi connectivity index (χ2v) is 6.70. The molecular weight excluding hydrogens is 487 g/mol. The van der Waals surface area contributed by atoms with E-state index in [0.29, 0.717) is 5.56 Å². The van der Waals surface area contributed by atoms with Gasteiger partial charge in [-0.1, -0.05) is 37.9 Å². The molecule has 0 saturated carbocycles. The third-order valence-corrected chi connectivity index (χ3v) is 4.05. The summed E-state index contributed by atoms with van der Waals surface area (Å²) in [6.45, 7) is 0. The standard InChI is InChI=1S/C13H9Br2IN2O/c14-9-2-1-3-11(5-9)18-17-7-8-4-10(15)6-12(16)13(8)19/h1-7,18-19H/b17-7+. The van der Waals surface area contributed by atoms with Crippen molar-refractivity contribution in [1.29, 1.82) is 0 Å². The third kappa shape index (κ3) is 4.19. The second kappa shape index (κ2) is 6.71. The van der Waals surface area contributed by atoms with Gasteiger partial charge in [-0.15, -0.1) is 0 Å². The van der Waals surface area contributed by atoms with E-state index in [1.165, 1.54) is 0 Å². The zero-order valence-corrected chi connectivity index (χ0v) is 14.9. The van der Waals surface area contributed by atoms with Gasteiger partial charge in [-0.3, -0.25) is 5.43 Å². The Hall–Kier alpha value is -0.600. The van der Waals surface area contributed by atoms with E-state index in [2.05, 4.69) is 65.0 Å². The van der Waals surface area contributed by atoms with Crippen LogP contribution >= 0.6 is 54.5 Å². The predicted octanol–water partition coefficient (Wildman–Crippen LogP) is 4.97. The van der Waals surface area contributed by atoms with Crippen LogP contribution in [-0.4, -0.2) is 11.3 Å². The van der Waals surface area contributed by atoms with E-state index in [1.54, 1.807) is 6.21 Å². The summed E-state index contributed by atoms with van der Waals surface area (Å²) in [6.07, 6.45) is 1.59. The first-order chi connectivity index (χ1) is 9.06. The van der Waals surface area contributed by atoms with E-state index < -0.39 is 0 Å². The highest BCUT2D eigenvalue weighted by molar-refractivity contribution is 14.1. The predicted molar refractivity (Wildman–Crippen MR) is 93.9 cm³/mol. The number of benzene rings is 2. The molecule has 3 nitrogen and oxygen atoms in total. The molecule has 2 aromatic carbocycles. The van der Waals surface area contributed by atoms with Crippen LogP contribution in [0.4, 0.5) is 5.69 Å². The summed E-state index contributed by atoms with van der Waals surface area (Å²) in [6, 6.07) is 11.3. The molecule has 2 N–H and O–H groups in total. The number of hydrazone groups is 1. The van der Waals surface area contributed by atoms with Gasteiger partial charge in [-0.05, 0) is 52.9 Å². The molecule has 0 aliphatic heterocycles. The topological polar surface area (TPSA) is 44.6 Å². The average molecular weight is 496 g/mol. The fraction of sp³-hybridized carbons (Fsp3) is 0. The number of anilines is 1. The number of nitrogens with one attached hydrogen (secondary N) is 1. The molecule has 0 amide bonds. The quantitative estimate of drug-likeness (QED) is 0.359. The van der Waals surface area contributed by atoms with Gasteiger partial charge in [0.1, 0.15) is 5.75 Å². The molecule has 0 aromatic heterocycles. The average Bonchev–Trinajstić information content (AvgIpc) is 2.35. The molecule has 19 heavy (non-hydrogen) atoms. The molecular formula is C13H9Br2IN2O. The highest BCUT2D eigenvalue weighted by Gasteiger charge is 2.04. The molecule has 0 aliphatic rings. The van der Waals surface area contributed by atoms with Crippen LogP contribution in [0.25, 0.3) is 0 Å². The van der Waals surface area contributed by atoms with E-state index in [0.717, 1.165) is 18.2 Å². The van der Waals surface area contributed by atoms with Crippen molar-refractivity contribution in [2.45, 2.75) is 0 Å². The van der Waals surface area contributed by atoms with Crippen molar-refractivity contribution in [3.8, 4) is 5.75 Å². The fourth-order valence-corrected chi connectivity index (χ4v) is 3.37. The van der Waals surface area contributed by atoms with E-state index in [9.17, 15) is 5.11 Å². The van der Waals surface area contributed by atoms with Crippen LogP contribution in [0.2, 0.25) is 0 Å². The lowest BCUT2D eigenvalue weighted by Crippen LogP contribution is -1.92. The van der Waals surface area contributed by atoms with Gasteiger partial charge in [0.25, 0.3) is 0 Å². The first-order valence-corrected chi connectivity index (χ1v) is 7.95. The van der Waals surface area contributed by atoms with Crippen LogP contribution in [0.3, 0.4) is 0 Å². The van der Waals surface area contributed by atoms with Crippen LogP contribution in [0.15, 0.2) is 50.4 Å². The van der Waals surface area contributed by atoms with Crippen molar-refractivity contribution < 1.29 is 5.11 Å². The number of halogens is 3. The van der Waals surface area contributed by atoms with Crippen LogP contribution in [0.5, 0.6) is 5.75 Å². The summed E-state index contributed by atoms with van der Waals surface area (Å²) in [4.78, 5) is 0. The highest BCUT2D eigenvalue weighted by atomic mass is 127. The fourth-order valence-electron chi connectivity index (χ4n) is 1.42. The van der Waals surface area contributed by atoms with E-state index in [-0.39, 0.29) is 5.75 Å². The lowest BCUT2D eigenvalue weighted by molar-refractivity contribution is 0.470. The normalized spacial score (nSPS) is 10.9. The van der Waals surface area contributed by atoms with Crippen LogP contribution in [0.1, 0.15) is 5.56 Å². The highest BCUT2D eigenvalue weighted by Crippen LogP contribution is 2.27. The SMILES string of the molecule is Oc1c(I)cc(Br)cc1/C=N/Nc1cccc(Br)c1. The molecule has 0 fully saturated rings. The Balaban J connectivity index is 2.15. The minimum Gasteiger partial charge on any atom is -0.506 e. The number of phenols is 1. The summed E-state index contributed by atoms with van der Waals surface area (Å²) in [5, 5.41) is 14.0. The molecule has 0 bridgehead atoms. The van der Waals surface area contributed by atoms with Crippen LogP contribution in [0, 0.1) is 3.57 Å². The van der Waals surface area contributed by atoms with Crippen molar-refractivity contribution in [1.82, 2.24) is 0 Å². The molecule has 2 aromatic rings. The maximum atomic E-state index is 9.91. The number of rotatable bonds is 3. The smallest absolute Gasteiger partial charge is 0.137 e. The first-order valence-electron chi connectivity index (χ1n) is 5.29. The lowest BCUT2D eigenvalue weighted by Gasteiger charge is -2.03. The van der Waals surface area contributed by atoms with E-state index in [1.807, 2.05) is 36.4 Å². The Morgan fingerprint density at radius 1 is 1.16 bits per heavy atom. The van der Waals surface area contributed by atoms with Gasteiger partial charge in [0.2, 0.25) is 0 Å². The van der Waals surface area contributed by atoms with Gasteiger partial charge in [0.15, 0.2) is 0 Å². The van der Waals surface area contributed by atoms with Crippen molar-refractivity contribution in [2.75, 3.05) is 5.43 Å². The molecule has 0 radical (unpaired) electrons. The maximum absolute atomic E-state index is 9.91. The zero-order chi connectivity index (χ0) is 13.8. The van der Waals surface area contributed by atoms with E-state index in [4.69, 9.17) is 0 Å². The molecule has 0 heterocycles. The van der Waals surface area contributed by atoms with Gasteiger partial charge < -0.3 is 5.11 Å². The lowest BCUT2D eigenvalue weighted by atomic mass is 10.2. The molecule has 0 unspecified atom stereocenters. The Morgan fingerprint density at radius 2 is 1.95 bits per heavy atom. The van der Waals surface area contributed by atoms with Gasteiger partial charge in [-0.2, -0.15) is 5.10 Å². The second-order valence-electron chi connectivity index (χ2n) is 3.71. The summed E-state index contributed by atoms with van der Waals surface area (Å²) in [5.41, 5.74) is 4.43. The number of nitrogens with zero attached hydrogens (tertiary/aromatic N) is 1. The van der Waals surface area contributed by atoms with Crippen LogP contribution < -0.4 is 5.43 Å². The van der Waals surface area contributed by atoms with Gasteiger partial charge >= 0.3 is 0 Å². The molecule has 98 valence electrons. The van der Waals surface area contributed by atoms with E-state index >= 15 is 0 Å². The van der Waals surface area contributed by atoms with Crippen molar-refractivity contribution in [2.24, 2.45) is 5.10 Å². The Labute approximate surface area is 141 Å². The number of phenolic OH excluding ortho intramolecular Hbond substituents is 1. The molecule has 6 heteroatoms. The monoisotopic (exact) mass is 494 g/mol. The third-order valence-electron chi connectivity index (χ3n) is 2.28. The molecule has 0 atom stereocenters. The molecule has 0 spiro atoms. The van der Waals surface area contributed by atoms with Gasteiger partial charge in [-0.25, -0.2) is 0 Å². The van der Waals surface area contributed by atoms with Gasteiger partial charge in [0.05, 0.1) is 15.5 Å². The van der Waals surface area contributed by atoms with Crippen molar-refractivity contribution in [3.05, 3.63) is 54.5 Å². The summed E-state index contributed by atoms with van der Waals surface area (Å²) in [7, 11) is 0. The first kappa shape index (κ1) is 14.8. The van der Waals surface area contributed by atoms with Crippen molar-refractivity contribution in [3.63, 3.8) is 0 Å². The minimum absolute atomic E-state index is 0.226. The minimum atomic E-state index is 0.226.